The summed E-state index contributed by atoms with van der Waals surface area (Å²) in [6.07, 6.45) is 0.970. The maximum atomic E-state index is 9.05. The molecule has 0 heterocycles. The number of benzene rings is 1. The first-order valence-electron chi connectivity index (χ1n) is 5.67. The van der Waals surface area contributed by atoms with Crippen molar-refractivity contribution < 1.29 is 5.11 Å². The van der Waals surface area contributed by atoms with Gasteiger partial charge in [0.1, 0.15) is 0 Å². The Morgan fingerprint density at radius 3 is 2.47 bits per heavy atom. The summed E-state index contributed by atoms with van der Waals surface area (Å²) in [5.41, 5.74) is 1.35. The van der Waals surface area contributed by atoms with Gasteiger partial charge in [-0.25, -0.2) is 0 Å². The van der Waals surface area contributed by atoms with Crippen molar-refractivity contribution >= 4 is 0 Å². The number of hydrogen-bond donors (Lipinski definition) is 2. The first kappa shape index (κ1) is 12.2. The van der Waals surface area contributed by atoms with Gasteiger partial charge in [-0.05, 0) is 17.9 Å². The minimum Gasteiger partial charge on any atom is -0.395 e. The van der Waals surface area contributed by atoms with Crippen molar-refractivity contribution in [2.45, 2.75) is 32.2 Å². The highest BCUT2D eigenvalue weighted by Gasteiger charge is 2.08. The van der Waals surface area contributed by atoms with E-state index in [1.807, 2.05) is 6.07 Å². The smallest absolute Gasteiger partial charge is 0.0584 e. The molecule has 1 aromatic carbocycles. The van der Waals surface area contributed by atoms with Gasteiger partial charge < -0.3 is 10.4 Å². The maximum absolute atomic E-state index is 9.05. The molecule has 15 heavy (non-hydrogen) atoms. The third kappa shape index (κ3) is 4.02. The van der Waals surface area contributed by atoms with Gasteiger partial charge in [0.25, 0.3) is 0 Å². The lowest BCUT2D eigenvalue weighted by Crippen LogP contribution is -2.34. The number of nitrogens with one attached hydrogen (secondary N) is 1. The first-order valence-corrected chi connectivity index (χ1v) is 5.67. The largest absolute Gasteiger partial charge is 0.395 e. The van der Waals surface area contributed by atoms with Gasteiger partial charge in [0.15, 0.2) is 0 Å². The molecule has 1 aromatic rings. The molecule has 0 spiro atoms. The lowest BCUT2D eigenvalue weighted by Gasteiger charge is -2.18. The van der Waals surface area contributed by atoms with Crippen LogP contribution in [0, 0.1) is 0 Å². The van der Waals surface area contributed by atoms with Crippen molar-refractivity contribution in [1.82, 2.24) is 5.32 Å². The van der Waals surface area contributed by atoms with Crippen LogP contribution in [0.1, 0.15) is 31.7 Å². The molecule has 0 aliphatic rings. The van der Waals surface area contributed by atoms with Crippen molar-refractivity contribution in [3.63, 3.8) is 0 Å². The molecule has 1 unspecified atom stereocenters. The fourth-order valence-electron chi connectivity index (χ4n) is 1.58. The van der Waals surface area contributed by atoms with Crippen molar-refractivity contribution in [2.75, 3.05) is 13.2 Å². The third-order valence-corrected chi connectivity index (χ3v) is 2.79. The van der Waals surface area contributed by atoms with Gasteiger partial charge >= 0.3 is 0 Å². The Morgan fingerprint density at radius 2 is 1.93 bits per heavy atom. The summed E-state index contributed by atoms with van der Waals surface area (Å²) in [5.74, 6) is 0.492. The van der Waals surface area contributed by atoms with E-state index in [9.17, 15) is 0 Å². The van der Waals surface area contributed by atoms with Crippen LogP contribution in [0.5, 0.6) is 0 Å². The number of aliphatic hydroxyl groups excluding tert-OH is 1. The van der Waals surface area contributed by atoms with Gasteiger partial charge in [-0.2, -0.15) is 0 Å². The summed E-state index contributed by atoms with van der Waals surface area (Å²) in [6.45, 7) is 5.43. The van der Waals surface area contributed by atoms with E-state index in [1.54, 1.807) is 0 Å². The van der Waals surface area contributed by atoms with E-state index < -0.39 is 0 Å². The summed E-state index contributed by atoms with van der Waals surface area (Å²) < 4.78 is 0. The highest BCUT2D eigenvalue weighted by Crippen LogP contribution is 2.13. The molecule has 0 aromatic heterocycles. The fourth-order valence-corrected chi connectivity index (χ4v) is 1.58. The van der Waals surface area contributed by atoms with Crippen LogP contribution in [0.2, 0.25) is 0 Å². The molecule has 0 amide bonds. The van der Waals surface area contributed by atoms with Gasteiger partial charge in [-0.1, -0.05) is 44.2 Å². The summed E-state index contributed by atoms with van der Waals surface area (Å²) >= 11 is 0. The van der Waals surface area contributed by atoms with E-state index in [2.05, 4.69) is 43.4 Å². The molecule has 1 rings (SSSR count). The zero-order chi connectivity index (χ0) is 11.1. The van der Waals surface area contributed by atoms with Gasteiger partial charge in [-0.3, -0.25) is 0 Å². The van der Waals surface area contributed by atoms with Gasteiger partial charge in [0.05, 0.1) is 6.61 Å². The molecule has 2 nitrogen and oxygen atoms in total. The SMILES string of the molecule is CC[C@@H](CO)NCC(C)c1ccccc1. The summed E-state index contributed by atoms with van der Waals surface area (Å²) in [7, 11) is 0. The predicted molar refractivity (Wildman–Crippen MR) is 64.0 cm³/mol. The van der Waals surface area contributed by atoms with Crippen LogP contribution in [0.4, 0.5) is 0 Å². The van der Waals surface area contributed by atoms with Crippen LogP contribution < -0.4 is 5.32 Å². The normalized spacial score (nSPS) is 14.9. The van der Waals surface area contributed by atoms with E-state index in [-0.39, 0.29) is 12.6 Å². The molecule has 2 atom stereocenters. The second-order valence-electron chi connectivity index (χ2n) is 4.01. The number of rotatable bonds is 6. The van der Waals surface area contributed by atoms with E-state index in [4.69, 9.17) is 5.11 Å². The molecule has 2 heteroatoms. The van der Waals surface area contributed by atoms with Gasteiger partial charge in [-0.15, -0.1) is 0 Å². The molecular formula is C13H21NO. The lowest BCUT2D eigenvalue weighted by atomic mass is 10.0. The van der Waals surface area contributed by atoms with Gasteiger partial charge in [0.2, 0.25) is 0 Å². The maximum Gasteiger partial charge on any atom is 0.0584 e. The Bertz CT molecular complexity index is 256. The molecule has 0 saturated heterocycles. The van der Waals surface area contributed by atoms with Gasteiger partial charge in [0, 0.05) is 12.6 Å². The van der Waals surface area contributed by atoms with Crippen LogP contribution in [0.3, 0.4) is 0 Å². The highest BCUT2D eigenvalue weighted by molar-refractivity contribution is 5.18. The Balaban J connectivity index is 2.39. The second kappa shape index (κ2) is 6.59. The highest BCUT2D eigenvalue weighted by atomic mass is 16.3. The molecular weight excluding hydrogens is 186 g/mol. The van der Waals surface area contributed by atoms with Crippen LogP contribution in [0.15, 0.2) is 30.3 Å². The Morgan fingerprint density at radius 1 is 1.27 bits per heavy atom. The number of hydrogen-bond acceptors (Lipinski definition) is 2. The molecule has 0 aliphatic carbocycles. The Labute approximate surface area is 92.3 Å². The fraction of sp³-hybridized carbons (Fsp3) is 0.538. The van der Waals surface area contributed by atoms with E-state index in [1.165, 1.54) is 5.56 Å². The summed E-state index contributed by atoms with van der Waals surface area (Å²) in [5, 5.41) is 12.4. The molecule has 0 bridgehead atoms. The molecule has 0 aliphatic heterocycles. The lowest BCUT2D eigenvalue weighted by molar-refractivity contribution is 0.238. The van der Waals surface area contributed by atoms with E-state index in [0.717, 1.165) is 13.0 Å². The molecule has 0 fully saturated rings. The molecule has 2 N–H and O–H groups in total. The minimum absolute atomic E-state index is 0.220. The van der Waals surface area contributed by atoms with Crippen LogP contribution in [0.25, 0.3) is 0 Å². The minimum atomic E-state index is 0.220. The van der Waals surface area contributed by atoms with Crippen molar-refractivity contribution in [3.05, 3.63) is 35.9 Å². The predicted octanol–water partition coefficient (Wildman–Crippen LogP) is 2.15. The topological polar surface area (TPSA) is 32.3 Å². The quantitative estimate of drug-likeness (QED) is 0.749. The molecule has 0 radical (unpaired) electrons. The average Bonchev–Trinajstić information content (AvgIpc) is 2.31. The van der Waals surface area contributed by atoms with Crippen LogP contribution in [-0.4, -0.2) is 24.3 Å². The molecule has 84 valence electrons. The zero-order valence-electron chi connectivity index (χ0n) is 9.61. The molecule has 0 saturated carbocycles. The summed E-state index contributed by atoms with van der Waals surface area (Å²) in [6, 6.07) is 10.7. The first-order chi connectivity index (χ1) is 7.27. The Kier molecular flexibility index (Phi) is 5.37. The number of aliphatic hydroxyl groups is 1. The van der Waals surface area contributed by atoms with Crippen LogP contribution >= 0.6 is 0 Å². The second-order valence-corrected chi connectivity index (χ2v) is 4.01. The monoisotopic (exact) mass is 207 g/mol. The van der Waals surface area contributed by atoms with Crippen molar-refractivity contribution in [2.24, 2.45) is 0 Å². The standard InChI is InChI=1S/C13H21NO/c1-3-13(10-15)14-9-11(2)12-7-5-4-6-8-12/h4-8,11,13-15H,3,9-10H2,1-2H3/t11?,13-/m0/s1. The van der Waals surface area contributed by atoms with E-state index >= 15 is 0 Å². The zero-order valence-corrected chi connectivity index (χ0v) is 9.61. The van der Waals surface area contributed by atoms with E-state index in [0.29, 0.717) is 5.92 Å². The van der Waals surface area contributed by atoms with Crippen molar-refractivity contribution in [1.29, 1.82) is 0 Å². The average molecular weight is 207 g/mol. The third-order valence-electron chi connectivity index (χ3n) is 2.79. The summed E-state index contributed by atoms with van der Waals surface area (Å²) in [4.78, 5) is 0. The van der Waals surface area contributed by atoms with Crippen LogP contribution in [-0.2, 0) is 0 Å². The van der Waals surface area contributed by atoms with Crippen molar-refractivity contribution in [3.8, 4) is 0 Å². The Hall–Kier alpha value is -0.860.